The summed E-state index contributed by atoms with van der Waals surface area (Å²) in [7, 11) is 0. The molecule has 0 atom stereocenters. The van der Waals surface area contributed by atoms with Crippen molar-refractivity contribution in [2.24, 2.45) is 0 Å². The number of hydrogen-bond acceptors (Lipinski definition) is 4. The maximum absolute atomic E-state index is 12.4. The van der Waals surface area contributed by atoms with Gasteiger partial charge in [0.05, 0.1) is 6.20 Å². The van der Waals surface area contributed by atoms with Crippen LogP contribution in [0.4, 0.5) is 5.69 Å². The first-order chi connectivity index (χ1) is 11.7. The van der Waals surface area contributed by atoms with Crippen LogP contribution in [0, 0.1) is 0 Å². The molecule has 3 aromatic rings. The van der Waals surface area contributed by atoms with Crippen molar-refractivity contribution in [1.29, 1.82) is 0 Å². The normalized spacial score (nSPS) is 10.4. The number of nitrogens with one attached hydrogen (secondary N) is 1. The Kier molecular flexibility index (Phi) is 5.46. The molecule has 4 nitrogen and oxygen atoms in total. The second-order valence-corrected chi connectivity index (χ2v) is 6.43. The predicted molar refractivity (Wildman–Crippen MR) is 97.4 cm³/mol. The SMILES string of the molecule is O=C(Nc1cccc(Cl)c1)c1cccc(CSc2cnccn2)c1. The van der Waals surface area contributed by atoms with Gasteiger partial charge < -0.3 is 5.32 Å². The number of nitrogens with zero attached hydrogens (tertiary/aromatic N) is 2. The standard InChI is InChI=1S/C18H14ClN3OS/c19-15-5-2-6-16(10-15)22-18(23)14-4-1-3-13(9-14)12-24-17-11-20-7-8-21-17/h1-11H,12H2,(H,22,23). The van der Waals surface area contributed by atoms with Crippen LogP contribution in [-0.4, -0.2) is 15.9 Å². The van der Waals surface area contributed by atoms with E-state index in [1.807, 2.05) is 18.2 Å². The molecule has 0 aliphatic rings. The lowest BCUT2D eigenvalue weighted by molar-refractivity contribution is 0.102. The molecule has 1 aromatic heterocycles. The molecule has 0 bridgehead atoms. The second-order valence-electron chi connectivity index (χ2n) is 5.00. The van der Waals surface area contributed by atoms with E-state index < -0.39 is 0 Å². The molecule has 1 N–H and O–H groups in total. The monoisotopic (exact) mass is 355 g/mol. The average molecular weight is 356 g/mol. The lowest BCUT2D eigenvalue weighted by Gasteiger charge is -2.07. The molecule has 0 spiro atoms. The van der Waals surface area contributed by atoms with Gasteiger partial charge in [-0.2, -0.15) is 0 Å². The topological polar surface area (TPSA) is 54.9 Å². The molecule has 1 heterocycles. The van der Waals surface area contributed by atoms with Crippen molar-refractivity contribution >= 4 is 35.0 Å². The van der Waals surface area contributed by atoms with Crippen LogP contribution in [0.3, 0.4) is 0 Å². The minimum atomic E-state index is -0.163. The molecule has 0 saturated heterocycles. The highest BCUT2D eigenvalue weighted by Gasteiger charge is 2.07. The third kappa shape index (κ3) is 4.57. The molecule has 6 heteroatoms. The Hall–Kier alpha value is -2.37. The summed E-state index contributed by atoms with van der Waals surface area (Å²) in [6.07, 6.45) is 5.03. The van der Waals surface area contributed by atoms with Crippen molar-refractivity contribution in [2.45, 2.75) is 10.8 Å². The molecule has 1 amide bonds. The molecule has 24 heavy (non-hydrogen) atoms. The zero-order chi connectivity index (χ0) is 16.8. The maximum atomic E-state index is 12.4. The number of aromatic nitrogens is 2. The van der Waals surface area contributed by atoms with Gasteiger partial charge in [0.25, 0.3) is 5.91 Å². The van der Waals surface area contributed by atoms with E-state index in [1.165, 1.54) is 0 Å². The third-order valence-electron chi connectivity index (χ3n) is 3.20. The number of rotatable bonds is 5. The van der Waals surface area contributed by atoms with Crippen LogP contribution in [-0.2, 0) is 5.75 Å². The highest BCUT2D eigenvalue weighted by Crippen LogP contribution is 2.21. The first-order valence-electron chi connectivity index (χ1n) is 7.25. The van der Waals surface area contributed by atoms with Gasteiger partial charge in [0, 0.05) is 34.4 Å². The number of anilines is 1. The Morgan fingerprint density at radius 1 is 1.12 bits per heavy atom. The highest BCUT2D eigenvalue weighted by atomic mass is 35.5. The van der Waals surface area contributed by atoms with E-state index in [-0.39, 0.29) is 5.91 Å². The number of hydrogen-bond donors (Lipinski definition) is 1. The summed E-state index contributed by atoms with van der Waals surface area (Å²) in [5.74, 6) is 0.556. The molecule has 3 rings (SSSR count). The van der Waals surface area contributed by atoms with Crippen molar-refractivity contribution in [2.75, 3.05) is 5.32 Å². The summed E-state index contributed by atoms with van der Waals surface area (Å²) in [4.78, 5) is 20.6. The molecular weight excluding hydrogens is 342 g/mol. The molecule has 120 valence electrons. The Morgan fingerprint density at radius 3 is 2.79 bits per heavy atom. The largest absolute Gasteiger partial charge is 0.322 e. The highest BCUT2D eigenvalue weighted by molar-refractivity contribution is 7.98. The fourth-order valence-electron chi connectivity index (χ4n) is 2.09. The molecule has 0 unspecified atom stereocenters. The summed E-state index contributed by atoms with van der Waals surface area (Å²) in [6, 6.07) is 14.6. The number of amides is 1. The Morgan fingerprint density at radius 2 is 2.00 bits per heavy atom. The second kappa shape index (κ2) is 7.95. The van der Waals surface area contributed by atoms with E-state index in [2.05, 4.69) is 15.3 Å². The minimum Gasteiger partial charge on any atom is -0.322 e. The van der Waals surface area contributed by atoms with E-state index in [0.717, 1.165) is 16.3 Å². The van der Waals surface area contributed by atoms with Gasteiger partial charge in [-0.25, -0.2) is 4.98 Å². The molecule has 2 aromatic carbocycles. The maximum Gasteiger partial charge on any atom is 0.255 e. The first-order valence-corrected chi connectivity index (χ1v) is 8.62. The molecule has 0 saturated carbocycles. The van der Waals surface area contributed by atoms with E-state index >= 15 is 0 Å². The van der Waals surface area contributed by atoms with Gasteiger partial charge in [-0.15, -0.1) is 11.8 Å². The van der Waals surface area contributed by atoms with Gasteiger partial charge in [-0.05, 0) is 35.9 Å². The summed E-state index contributed by atoms with van der Waals surface area (Å²) in [5.41, 5.74) is 2.32. The van der Waals surface area contributed by atoms with Gasteiger partial charge >= 0.3 is 0 Å². The van der Waals surface area contributed by atoms with Gasteiger partial charge in [-0.1, -0.05) is 29.8 Å². The number of carbonyl (C=O) groups excluding carboxylic acids is 1. The van der Waals surface area contributed by atoms with Gasteiger partial charge in [0.15, 0.2) is 0 Å². The molecular formula is C18H14ClN3OS. The molecule has 0 aliphatic heterocycles. The van der Waals surface area contributed by atoms with E-state index in [1.54, 1.807) is 60.7 Å². The van der Waals surface area contributed by atoms with Crippen molar-refractivity contribution in [3.8, 4) is 0 Å². The zero-order valence-electron chi connectivity index (χ0n) is 12.6. The van der Waals surface area contributed by atoms with Crippen LogP contribution in [0.1, 0.15) is 15.9 Å². The zero-order valence-corrected chi connectivity index (χ0v) is 14.2. The number of thioether (sulfide) groups is 1. The smallest absolute Gasteiger partial charge is 0.255 e. The Bertz CT molecular complexity index is 842. The Balaban J connectivity index is 1.67. The van der Waals surface area contributed by atoms with Gasteiger partial charge in [-0.3, -0.25) is 9.78 Å². The molecule has 0 aliphatic carbocycles. The molecule has 0 radical (unpaired) electrons. The lowest BCUT2D eigenvalue weighted by atomic mass is 10.1. The van der Waals surface area contributed by atoms with E-state index in [4.69, 9.17) is 11.6 Å². The summed E-state index contributed by atoms with van der Waals surface area (Å²) >= 11 is 7.51. The Labute approximate surface area is 149 Å². The van der Waals surface area contributed by atoms with Crippen LogP contribution in [0.2, 0.25) is 5.02 Å². The number of benzene rings is 2. The van der Waals surface area contributed by atoms with Crippen molar-refractivity contribution in [3.63, 3.8) is 0 Å². The summed E-state index contributed by atoms with van der Waals surface area (Å²) in [5, 5.41) is 4.29. The summed E-state index contributed by atoms with van der Waals surface area (Å²) < 4.78 is 0. The lowest BCUT2D eigenvalue weighted by Crippen LogP contribution is -2.12. The quantitative estimate of drug-likeness (QED) is 0.675. The minimum absolute atomic E-state index is 0.163. The van der Waals surface area contributed by atoms with Crippen LogP contribution >= 0.6 is 23.4 Å². The first kappa shape index (κ1) is 16.5. The van der Waals surface area contributed by atoms with Crippen molar-refractivity contribution < 1.29 is 4.79 Å². The average Bonchev–Trinajstić information content (AvgIpc) is 2.61. The molecule has 0 fully saturated rings. The van der Waals surface area contributed by atoms with Crippen molar-refractivity contribution in [1.82, 2.24) is 9.97 Å². The van der Waals surface area contributed by atoms with Crippen molar-refractivity contribution in [3.05, 3.63) is 83.3 Å². The number of carbonyl (C=O) groups is 1. The van der Waals surface area contributed by atoms with E-state index in [9.17, 15) is 4.79 Å². The van der Waals surface area contributed by atoms with Crippen LogP contribution in [0.5, 0.6) is 0 Å². The van der Waals surface area contributed by atoms with Gasteiger partial charge in [0.1, 0.15) is 5.03 Å². The predicted octanol–water partition coefficient (Wildman–Crippen LogP) is 4.67. The van der Waals surface area contributed by atoms with Crippen LogP contribution in [0.15, 0.2) is 72.1 Å². The van der Waals surface area contributed by atoms with Crippen LogP contribution < -0.4 is 5.32 Å². The number of halogens is 1. The van der Waals surface area contributed by atoms with E-state index in [0.29, 0.717) is 16.3 Å². The third-order valence-corrected chi connectivity index (χ3v) is 4.42. The van der Waals surface area contributed by atoms with Gasteiger partial charge in [0.2, 0.25) is 0 Å². The fourth-order valence-corrected chi connectivity index (χ4v) is 3.04. The van der Waals surface area contributed by atoms with Crippen LogP contribution in [0.25, 0.3) is 0 Å². The fraction of sp³-hybridized carbons (Fsp3) is 0.0556. The summed E-state index contributed by atoms with van der Waals surface area (Å²) in [6.45, 7) is 0.